The molecule has 5 nitrogen and oxygen atoms in total. The second-order valence-corrected chi connectivity index (χ2v) is 5.03. The minimum atomic E-state index is -0.195. The van der Waals surface area contributed by atoms with Crippen molar-refractivity contribution >= 4 is 5.96 Å². The molecule has 0 bridgehead atoms. The molecule has 0 amide bonds. The molecule has 0 radical (unpaired) electrons. The van der Waals surface area contributed by atoms with Gasteiger partial charge < -0.3 is 15.4 Å². The summed E-state index contributed by atoms with van der Waals surface area (Å²) in [6.45, 7) is 2.85. The Hall–Kier alpha value is -2.63. The first kappa shape index (κ1) is 16.7. The lowest BCUT2D eigenvalue weighted by Crippen LogP contribution is -2.36. The first-order valence-electron chi connectivity index (χ1n) is 7.31. The second-order valence-electron chi connectivity index (χ2n) is 5.03. The molecule has 0 spiro atoms. The molecular weight excluding hydrogens is 295 g/mol. The van der Waals surface area contributed by atoms with Crippen LogP contribution in [0, 0.1) is 12.7 Å². The average molecular weight is 316 g/mol. The SMILES string of the molecule is CN=C(NCc1ccc(F)c(C)c1)NCc1cccnc1OC. The molecule has 0 saturated carbocycles. The number of nitrogens with zero attached hydrogens (tertiary/aromatic N) is 2. The zero-order valence-corrected chi connectivity index (χ0v) is 13.6. The van der Waals surface area contributed by atoms with Gasteiger partial charge in [0.25, 0.3) is 0 Å². The molecule has 0 aliphatic carbocycles. The van der Waals surface area contributed by atoms with E-state index < -0.39 is 0 Å². The Morgan fingerprint density at radius 1 is 1.26 bits per heavy atom. The van der Waals surface area contributed by atoms with E-state index in [4.69, 9.17) is 4.74 Å². The lowest BCUT2D eigenvalue weighted by atomic mass is 10.1. The molecule has 1 aromatic carbocycles. The number of aromatic nitrogens is 1. The van der Waals surface area contributed by atoms with Crippen molar-refractivity contribution in [1.29, 1.82) is 0 Å². The molecule has 1 heterocycles. The van der Waals surface area contributed by atoms with Crippen molar-refractivity contribution < 1.29 is 9.13 Å². The number of aliphatic imine (C=N–C) groups is 1. The molecular formula is C17H21FN4O. The van der Waals surface area contributed by atoms with Crippen molar-refractivity contribution in [2.24, 2.45) is 4.99 Å². The summed E-state index contributed by atoms with van der Waals surface area (Å²) in [5.74, 6) is 1.04. The first-order chi connectivity index (χ1) is 11.1. The van der Waals surface area contributed by atoms with Crippen LogP contribution in [0.15, 0.2) is 41.5 Å². The van der Waals surface area contributed by atoms with Gasteiger partial charge in [0.05, 0.1) is 7.11 Å². The highest BCUT2D eigenvalue weighted by Crippen LogP contribution is 2.12. The molecule has 0 aliphatic heterocycles. The fourth-order valence-electron chi connectivity index (χ4n) is 2.14. The summed E-state index contributed by atoms with van der Waals surface area (Å²) >= 11 is 0. The van der Waals surface area contributed by atoms with E-state index in [0.29, 0.717) is 30.5 Å². The number of benzene rings is 1. The predicted molar refractivity (Wildman–Crippen MR) is 89.0 cm³/mol. The average Bonchev–Trinajstić information content (AvgIpc) is 2.58. The number of aryl methyl sites for hydroxylation is 1. The third-order valence-electron chi connectivity index (χ3n) is 3.40. The highest BCUT2D eigenvalue weighted by atomic mass is 19.1. The van der Waals surface area contributed by atoms with Gasteiger partial charge in [-0.2, -0.15) is 0 Å². The van der Waals surface area contributed by atoms with Gasteiger partial charge in [-0.25, -0.2) is 9.37 Å². The van der Waals surface area contributed by atoms with Crippen molar-refractivity contribution in [2.45, 2.75) is 20.0 Å². The maximum atomic E-state index is 13.3. The highest BCUT2D eigenvalue weighted by Gasteiger charge is 2.05. The maximum Gasteiger partial charge on any atom is 0.218 e. The van der Waals surface area contributed by atoms with Crippen molar-refractivity contribution in [3.63, 3.8) is 0 Å². The Bertz CT molecular complexity index is 688. The van der Waals surface area contributed by atoms with Gasteiger partial charge in [-0.05, 0) is 30.2 Å². The summed E-state index contributed by atoms with van der Waals surface area (Å²) in [6, 6.07) is 8.85. The van der Waals surface area contributed by atoms with Crippen LogP contribution in [0.3, 0.4) is 0 Å². The standard InChI is InChI=1S/C17H21FN4O/c1-12-9-13(6-7-15(12)18)10-21-17(19-2)22-11-14-5-4-8-20-16(14)23-3/h4-9H,10-11H2,1-3H3,(H2,19,21,22). The van der Waals surface area contributed by atoms with Gasteiger partial charge in [0, 0.05) is 31.9 Å². The molecule has 0 unspecified atom stereocenters. The van der Waals surface area contributed by atoms with E-state index in [0.717, 1.165) is 11.1 Å². The van der Waals surface area contributed by atoms with Crippen LogP contribution >= 0.6 is 0 Å². The zero-order valence-electron chi connectivity index (χ0n) is 13.6. The molecule has 0 fully saturated rings. The monoisotopic (exact) mass is 316 g/mol. The van der Waals surface area contributed by atoms with Crippen LogP contribution in [-0.4, -0.2) is 25.1 Å². The zero-order chi connectivity index (χ0) is 16.7. The van der Waals surface area contributed by atoms with Gasteiger partial charge >= 0.3 is 0 Å². The summed E-state index contributed by atoms with van der Waals surface area (Å²) < 4.78 is 18.5. The fourth-order valence-corrected chi connectivity index (χ4v) is 2.14. The largest absolute Gasteiger partial charge is 0.481 e. The minimum Gasteiger partial charge on any atom is -0.481 e. The van der Waals surface area contributed by atoms with Crippen LogP contribution in [0.2, 0.25) is 0 Å². The third kappa shape index (κ3) is 4.67. The third-order valence-corrected chi connectivity index (χ3v) is 3.40. The van der Waals surface area contributed by atoms with Crippen LogP contribution in [0.5, 0.6) is 5.88 Å². The van der Waals surface area contributed by atoms with E-state index in [1.54, 1.807) is 33.3 Å². The normalized spacial score (nSPS) is 11.2. The number of hydrogen-bond acceptors (Lipinski definition) is 3. The Morgan fingerprint density at radius 2 is 2.04 bits per heavy atom. The van der Waals surface area contributed by atoms with Crippen molar-refractivity contribution in [1.82, 2.24) is 15.6 Å². The minimum absolute atomic E-state index is 0.195. The predicted octanol–water partition coefficient (Wildman–Crippen LogP) is 2.40. The first-order valence-corrected chi connectivity index (χ1v) is 7.31. The van der Waals surface area contributed by atoms with E-state index in [-0.39, 0.29) is 5.82 Å². The van der Waals surface area contributed by atoms with Gasteiger partial charge in [0.1, 0.15) is 5.82 Å². The van der Waals surface area contributed by atoms with Crippen molar-refractivity contribution in [3.8, 4) is 5.88 Å². The highest BCUT2D eigenvalue weighted by molar-refractivity contribution is 5.79. The van der Waals surface area contributed by atoms with Gasteiger partial charge in [0.2, 0.25) is 5.88 Å². The molecule has 2 N–H and O–H groups in total. The van der Waals surface area contributed by atoms with E-state index in [1.165, 1.54) is 6.07 Å². The summed E-state index contributed by atoms with van der Waals surface area (Å²) in [5, 5.41) is 6.40. The van der Waals surface area contributed by atoms with Gasteiger partial charge in [-0.15, -0.1) is 0 Å². The molecule has 23 heavy (non-hydrogen) atoms. The number of hydrogen-bond donors (Lipinski definition) is 2. The number of ether oxygens (including phenoxy) is 1. The van der Waals surface area contributed by atoms with Crippen LogP contribution < -0.4 is 15.4 Å². The van der Waals surface area contributed by atoms with Crippen LogP contribution in [0.1, 0.15) is 16.7 Å². The van der Waals surface area contributed by atoms with Crippen LogP contribution in [-0.2, 0) is 13.1 Å². The lowest BCUT2D eigenvalue weighted by Gasteiger charge is -2.13. The number of halogens is 1. The molecule has 0 atom stereocenters. The summed E-state index contributed by atoms with van der Waals surface area (Å²) in [7, 11) is 3.29. The van der Waals surface area contributed by atoms with Crippen molar-refractivity contribution in [2.75, 3.05) is 14.2 Å². The van der Waals surface area contributed by atoms with Gasteiger partial charge in [-0.3, -0.25) is 4.99 Å². The maximum absolute atomic E-state index is 13.3. The number of nitrogens with one attached hydrogen (secondary N) is 2. The summed E-state index contributed by atoms with van der Waals surface area (Å²) in [5.41, 5.74) is 2.56. The molecule has 0 saturated heterocycles. The van der Waals surface area contributed by atoms with E-state index in [9.17, 15) is 4.39 Å². The topological polar surface area (TPSA) is 58.5 Å². The van der Waals surface area contributed by atoms with Crippen LogP contribution in [0.4, 0.5) is 4.39 Å². The summed E-state index contributed by atoms with van der Waals surface area (Å²) in [6.07, 6.45) is 1.69. The molecule has 122 valence electrons. The molecule has 1 aromatic heterocycles. The van der Waals surface area contributed by atoms with Crippen LogP contribution in [0.25, 0.3) is 0 Å². The lowest BCUT2D eigenvalue weighted by molar-refractivity contribution is 0.392. The van der Waals surface area contributed by atoms with Gasteiger partial charge in [0.15, 0.2) is 5.96 Å². The smallest absolute Gasteiger partial charge is 0.218 e. The van der Waals surface area contributed by atoms with E-state index in [2.05, 4.69) is 20.6 Å². The van der Waals surface area contributed by atoms with E-state index >= 15 is 0 Å². The number of rotatable bonds is 5. The van der Waals surface area contributed by atoms with Gasteiger partial charge in [-0.1, -0.05) is 18.2 Å². The number of guanidine groups is 1. The quantitative estimate of drug-likeness (QED) is 0.657. The Balaban J connectivity index is 1.92. The molecule has 2 aromatic rings. The summed E-state index contributed by atoms with van der Waals surface area (Å²) in [4.78, 5) is 8.33. The second kappa shape index (κ2) is 8.12. The number of pyridine rings is 1. The van der Waals surface area contributed by atoms with Crippen molar-refractivity contribution in [3.05, 3.63) is 59.0 Å². The Labute approximate surface area is 135 Å². The molecule has 6 heteroatoms. The Kier molecular flexibility index (Phi) is 5.91. The number of methoxy groups -OCH3 is 1. The fraction of sp³-hybridized carbons (Fsp3) is 0.294. The molecule has 2 rings (SSSR count). The van der Waals surface area contributed by atoms with E-state index in [1.807, 2.05) is 18.2 Å². The molecule has 0 aliphatic rings. The Morgan fingerprint density at radius 3 is 2.74 bits per heavy atom.